The number of carbonyl (C=O) groups excluding carboxylic acids is 1. The van der Waals surface area contributed by atoms with Crippen LogP contribution in [0.2, 0.25) is 5.02 Å². The molecule has 262 valence electrons. The normalized spacial score (nSPS) is 20.0. The fraction of sp³-hybridized carbons (Fsp3) is 0.325. The van der Waals surface area contributed by atoms with E-state index in [1.165, 1.54) is 24.3 Å². The fourth-order valence-electron chi connectivity index (χ4n) is 9.06. The Morgan fingerprint density at radius 3 is 2.79 bits per heavy atom. The van der Waals surface area contributed by atoms with Gasteiger partial charge in [0.2, 0.25) is 11.8 Å². The summed E-state index contributed by atoms with van der Waals surface area (Å²) in [4.78, 5) is 27.4. The topological polar surface area (TPSA) is 106 Å². The maximum atomic E-state index is 14.5. The minimum atomic E-state index is -0.349. The molecule has 2 aliphatic carbocycles. The van der Waals surface area contributed by atoms with E-state index in [9.17, 15) is 9.18 Å². The smallest absolute Gasteiger partial charge is 0.257 e. The van der Waals surface area contributed by atoms with Crippen molar-refractivity contribution in [1.29, 1.82) is 0 Å². The van der Waals surface area contributed by atoms with Gasteiger partial charge in [0.05, 0.1) is 46.4 Å². The average Bonchev–Trinajstić information content (AvgIpc) is 3.99. The lowest BCUT2D eigenvalue weighted by Gasteiger charge is -2.19. The molecule has 0 spiro atoms. The highest BCUT2D eigenvalue weighted by Crippen LogP contribution is 2.52. The van der Waals surface area contributed by atoms with Gasteiger partial charge < -0.3 is 19.4 Å². The summed E-state index contributed by atoms with van der Waals surface area (Å²) in [5.41, 5.74) is 8.34. The molecule has 0 radical (unpaired) electrons. The van der Waals surface area contributed by atoms with Gasteiger partial charge in [-0.1, -0.05) is 23.7 Å². The van der Waals surface area contributed by atoms with E-state index in [1.807, 2.05) is 23.1 Å². The lowest BCUT2D eigenvalue weighted by atomic mass is 9.89. The van der Waals surface area contributed by atoms with Crippen molar-refractivity contribution in [2.75, 3.05) is 19.0 Å². The van der Waals surface area contributed by atoms with Gasteiger partial charge in [0, 0.05) is 40.7 Å². The molecular weight excluding hydrogens is 699 g/mol. The largest absolute Gasteiger partial charge is 0.493 e. The molecule has 2 aromatic carbocycles. The number of carbonyl (C=O) groups is 1. The van der Waals surface area contributed by atoms with Crippen LogP contribution in [0, 0.1) is 12.7 Å². The summed E-state index contributed by atoms with van der Waals surface area (Å²) in [6, 6.07) is 13.5. The van der Waals surface area contributed by atoms with E-state index in [1.54, 1.807) is 24.5 Å². The molecular formula is C40H34ClFN6O3S. The molecule has 0 saturated carbocycles. The second-order valence-corrected chi connectivity index (χ2v) is 15.7. The SMILES string of the molecule is COc1c(F)ccc2c1CC[C@H]2Nc1nccc2cc(-c3c4c(nc(C[C@H]5CCc6cc(Cl)ccc65)c3-c3nnc(C)o3)[C@H]3CCCN3C4=O)sc12. The van der Waals surface area contributed by atoms with Crippen molar-refractivity contribution >= 4 is 44.7 Å². The van der Waals surface area contributed by atoms with Crippen molar-refractivity contribution in [1.82, 2.24) is 25.1 Å². The molecule has 12 heteroatoms. The molecule has 1 amide bonds. The Morgan fingerprint density at radius 1 is 1.06 bits per heavy atom. The van der Waals surface area contributed by atoms with E-state index >= 15 is 0 Å². The molecule has 1 N–H and O–H groups in total. The van der Waals surface area contributed by atoms with Crippen LogP contribution in [-0.2, 0) is 19.3 Å². The quantitative estimate of drug-likeness (QED) is 0.173. The second-order valence-electron chi connectivity index (χ2n) is 14.2. The van der Waals surface area contributed by atoms with Crippen LogP contribution in [-0.4, -0.2) is 44.6 Å². The van der Waals surface area contributed by atoms with Gasteiger partial charge in [0.25, 0.3) is 5.91 Å². The van der Waals surface area contributed by atoms with Gasteiger partial charge in [0.15, 0.2) is 11.6 Å². The number of methoxy groups -OCH3 is 1. The van der Waals surface area contributed by atoms with E-state index < -0.39 is 0 Å². The molecule has 3 atom stereocenters. The van der Waals surface area contributed by atoms with Crippen LogP contribution in [0.4, 0.5) is 10.2 Å². The summed E-state index contributed by atoms with van der Waals surface area (Å²) < 4.78 is 27.1. The van der Waals surface area contributed by atoms with Crippen molar-refractivity contribution in [3.8, 4) is 27.6 Å². The summed E-state index contributed by atoms with van der Waals surface area (Å²) in [7, 11) is 1.51. The number of rotatable bonds is 7. The number of thiophene rings is 1. The summed E-state index contributed by atoms with van der Waals surface area (Å²) >= 11 is 7.98. The number of hydrogen-bond acceptors (Lipinski definition) is 9. The predicted molar refractivity (Wildman–Crippen MR) is 198 cm³/mol. The number of pyridine rings is 2. The number of fused-ring (bicyclic) bond motifs is 6. The van der Waals surface area contributed by atoms with Crippen LogP contribution in [0.5, 0.6) is 5.75 Å². The number of aromatic nitrogens is 4. The lowest BCUT2D eigenvalue weighted by molar-refractivity contribution is 0.0776. The van der Waals surface area contributed by atoms with E-state index in [2.05, 4.69) is 33.7 Å². The van der Waals surface area contributed by atoms with Crippen molar-refractivity contribution in [3.63, 3.8) is 0 Å². The zero-order chi connectivity index (χ0) is 35.2. The molecule has 6 aromatic rings. The van der Waals surface area contributed by atoms with Crippen LogP contribution < -0.4 is 10.1 Å². The Hall–Kier alpha value is -4.87. The van der Waals surface area contributed by atoms with Gasteiger partial charge in [-0.25, -0.2) is 9.37 Å². The van der Waals surface area contributed by atoms with Crippen LogP contribution in [0.25, 0.3) is 32.0 Å². The molecule has 0 unspecified atom stereocenters. The Labute approximate surface area is 308 Å². The zero-order valence-corrected chi connectivity index (χ0v) is 30.2. The number of nitrogens with one attached hydrogen (secondary N) is 1. The van der Waals surface area contributed by atoms with Gasteiger partial charge in [-0.05, 0) is 103 Å². The third-order valence-electron chi connectivity index (χ3n) is 11.3. The number of aryl methyl sites for hydroxylation is 2. The van der Waals surface area contributed by atoms with Gasteiger partial charge in [-0.15, -0.1) is 21.5 Å². The van der Waals surface area contributed by atoms with Gasteiger partial charge >= 0.3 is 0 Å². The Bertz CT molecular complexity index is 2460. The van der Waals surface area contributed by atoms with Crippen molar-refractivity contribution in [2.24, 2.45) is 0 Å². The Balaban J connectivity index is 1.14. The van der Waals surface area contributed by atoms with E-state index in [0.29, 0.717) is 42.5 Å². The second kappa shape index (κ2) is 12.1. The number of halogens is 2. The third-order valence-corrected chi connectivity index (χ3v) is 12.7. The highest BCUT2D eigenvalue weighted by Gasteiger charge is 2.45. The molecule has 1 fully saturated rings. The van der Waals surface area contributed by atoms with Crippen LogP contribution in [0.1, 0.15) is 93.6 Å². The highest BCUT2D eigenvalue weighted by molar-refractivity contribution is 7.23. The average molecular weight is 733 g/mol. The lowest BCUT2D eigenvalue weighted by Crippen LogP contribution is -2.22. The first-order valence-electron chi connectivity index (χ1n) is 17.8. The molecule has 1 saturated heterocycles. The monoisotopic (exact) mass is 732 g/mol. The summed E-state index contributed by atoms with van der Waals surface area (Å²) in [5.74, 6) is 1.75. The van der Waals surface area contributed by atoms with Gasteiger partial charge in [-0.2, -0.15) is 0 Å². The minimum absolute atomic E-state index is 0.00237. The molecule has 9 nitrogen and oxygen atoms in total. The maximum Gasteiger partial charge on any atom is 0.257 e. The Kier molecular flexibility index (Phi) is 7.41. The maximum absolute atomic E-state index is 14.5. The standard InChI is InChI=1S/C40H34ClFN6O3S/c1-19-46-47-39(51-19)32-29(17-21-6-5-20-16-23(41)7-8-24(20)21)44-35-30-4-3-15-48(30)40(49)34(35)33(32)31-18-22-13-14-43-38(37(22)52-31)45-28-12-10-26-25(28)9-11-27(42)36(26)50-2/h7-9,11,13-14,16,18,21,28,30H,3-6,10,12,15,17H2,1-2H3,(H,43,45)/t21-,28-,30-/m1/s1. The Morgan fingerprint density at radius 2 is 1.94 bits per heavy atom. The number of hydrogen-bond donors (Lipinski definition) is 1. The van der Waals surface area contributed by atoms with E-state index in [0.717, 1.165) is 91.5 Å². The predicted octanol–water partition coefficient (Wildman–Crippen LogP) is 9.18. The first-order valence-corrected chi connectivity index (χ1v) is 19.0. The number of amides is 1. The minimum Gasteiger partial charge on any atom is -0.493 e. The summed E-state index contributed by atoms with van der Waals surface area (Å²) in [6.07, 6.45) is 7.73. The summed E-state index contributed by atoms with van der Waals surface area (Å²) in [6.45, 7) is 2.49. The first-order chi connectivity index (χ1) is 25.4. The van der Waals surface area contributed by atoms with Crippen LogP contribution >= 0.6 is 22.9 Å². The van der Waals surface area contributed by atoms with Gasteiger partial charge in [0.1, 0.15) is 5.82 Å². The first kappa shape index (κ1) is 31.8. The molecule has 0 bridgehead atoms. The van der Waals surface area contributed by atoms with Gasteiger partial charge in [-0.3, -0.25) is 9.78 Å². The molecule has 2 aliphatic heterocycles. The van der Waals surface area contributed by atoms with E-state index in [-0.39, 0.29) is 29.7 Å². The van der Waals surface area contributed by atoms with Crippen molar-refractivity contribution in [2.45, 2.75) is 69.9 Å². The number of ether oxygens (including phenoxy) is 1. The van der Waals surface area contributed by atoms with Crippen LogP contribution in [0.15, 0.2) is 53.1 Å². The highest BCUT2D eigenvalue weighted by atomic mass is 35.5. The van der Waals surface area contributed by atoms with Crippen LogP contribution in [0.3, 0.4) is 0 Å². The van der Waals surface area contributed by atoms with Crippen molar-refractivity contribution < 1.29 is 18.3 Å². The summed E-state index contributed by atoms with van der Waals surface area (Å²) in [5, 5.41) is 14.2. The van der Waals surface area contributed by atoms with E-state index in [4.69, 9.17) is 30.7 Å². The molecule has 10 rings (SSSR count). The zero-order valence-electron chi connectivity index (χ0n) is 28.6. The third kappa shape index (κ3) is 4.89. The van der Waals surface area contributed by atoms with Crippen molar-refractivity contribution in [3.05, 3.63) is 105 Å². The fourth-order valence-corrected chi connectivity index (χ4v) is 10.4. The molecule has 52 heavy (non-hydrogen) atoms. The number of benzene rings is 2. The number of anilines is 1. The molecule has 4 aliphatic rings. The molecule has 6 heterocycles. The molecule has 4 aromatic heterocycles. The number of nitrogens with zero attached hydrogens (tertiary/aromatic N) is 5.